The molecule has 1 atom stereocenters. The van der Waals surface area contributed by atoms with Crippen LogP contribution in [-0.2, 0) is 6.42 Å². The lowest BCUT2D eigenvalue weighted by Crippen LogP contribution is -2.27. The van der Waals surface area contributed by atoms with Crippen molar-refractivity contribution < 1.29 is 9.94 Å². The Labute approximate surface area is 122 Å². The van der Waals surface area contributed by atoms with E-state index in [1.807, 2.05) is 24.3 Å². The summed E-state index contributed by atoms with van der Waals surface area (Å²) in [5.74, 6) is 0.455. The molecule has 21 heavy (non-hydrogen) atoms. The first kappa shape index (κ1) is 13.5. The number of aromatic nitrogens is 2. The SMILES string of the molecule is COc1nc(C)c(=O)n(O)c1CC1CNc2ccccc21. The molecule has 0 radical (unpaired) electrons. The molecular weight excluding hydrogens is 270 g/mol. The highest BCUT2D eigenvalue weighted by Gasteiger charge is 2.26. The lowest BCUT2D eigenvalue weighted by molar-refractivity contribution is 0.156. The summed E-state index contributed by atoms with van der Waals surface area (Å²) in [5, 5.41) is 13.4. The Kier molecular flexibility index (Phi) is 3.29. The Morgan fingerprint density at radius 2 is 2.24 bits per heavy atom. The van der Waals surface area contributed by atoms with Crippen molar-refractivity contribution in [2.75, 3.05) is 19.0 Å². The van der Waals surface area contributed by atoms with Gasteiger partial charge in [0.15, 0.2) is 0 Å². The monoisotopic (exact) mass is 287 g/mol. The van der Waals surface area contributed by atoms with E-state index in [-0.39, 0.29) is 11.6 Å². The summed E-state index contributed by atoms with van der Waals surface area (Å²) < 4.78 is 5.86. The molecule has 3 rings (SSSR count). The first-order chi connectivity index (χ1) is 10.1. The van der Waals surface area contributed by atoms with Gasteiger partial charge in [0.05, 0.1) is 7.11 Å². The van der Waals surface area contributed by atoms with Gasteiger partial charge < -0.3 is 15.3 Å². The number of aryl methyl sites for hydroxylation is 1. The number of methoxy groups -OCH3 is 1. The van der Waals surface area contributed by atoms with Crippen molar-refractivity contribution in [3.05, 3.63) is 51.6 Å². The van der Waals surface area contributed by atoms with Gasteiger partial charge in [-0.1, -0.05) is 18.2 Å². The van der Waals surface area contributed by atoms with Gasteiger partial charge in [-0.2, -0.15) is 0 Å². The van der Waals surface area contributed by atoms with Gasteiger partial charge in [0.2, 0.25) is 5.88 Å². The lowest BCUT2D eigenvalue weighted by atomic mass is 9.96. The van der Waals surface area contributed by atoms with Gasteiger partial charge in [0.25, 0.3) is 0 Å². The number of para-hydroxylation sites is 1. The molecule has 1 aliphatic rings. The Morgan fingerprint density at radius 3 is 3.00 bits per heavy atom. The average molecular weight is 287 g/mol. The summed E-state index contributed by atoms with van der Waals surface area (Å²) in [6, 6.07) is 8.03. The van der Waals surface area contributed by atoms with E-state index in [9.17, 15) is 10.0 Å². The minimum Gasteiger partial charge on any atom is -0.480 e. The Bertz CT molecular complexity index is 739. The fraction of sp³-hybridized carbons (Fsp3) is 0.333. The number of benzene rings is 1. The molecule has 0 amide bonds. The highest BCUT2D eigenvalue weighted by atomic mass is 16.5. The van der Waals surface area contributed by atoms with Crippen molar-refractivity contribution in [1.82, 2.24) is 9.71 Å². The second kappa shape index (κ2) is 5.12. The predicted molar refractivity (Wildman–Crippen MR) is 78.3 cm³/mol. The van der Waals surface area contributed by atoms with Gasteiger partial charge in [-0.25, -0.2) is 4.98 Å². The molecule has 0 spiro atoms. The number of nitrogens with zero attached hydrogens (tertiary/aromatic N) is 2. The number of fused-ring (bicyclic) bond motifs is 1. The van der Waals surface area contributed by atoms with Gasteiger partial charge in [0.1, 0.15) is 11.4 Å². The van der Waals surface area contributed by atoms with Crippen molar-refractivity contribution in [2.24, 2.45) is 0 Å². The van der Waals surface area contributed by atoms with E-state index in [1.165, 1.54) is 12.7 Å². The van der Waals surface area contributed by atoms with Crippen LogP contribution in [0.5, 0.6) is 5.88 Å². The van der Waals surface area contributed by atoms with Crippen LogP contribution in [0.2, 0.25) is 0 Å². The van der Waals surface area contributed by atoms with Crippen LogP contribution in [0.1, 0.15) is 22.9 Å². The molecule has 0 saturated carbocycles. The quantitative estimate of drug-likeness (QED) is 0.838. The predicted octanol–water partition coefficient (Wildman–Crippen LogP) is 1.55. The van der Waals surface area contributed by atoms with E-state index in [0.29, 0.717) is 22.7 Å². The second-order valence-corrected chi connectivity index (χ2v) is 5.14. The number of nitrogens with one attached hydrogen (secondary N) is 1. The second-order valence-electron chi connectivity index (χ2n) is 5.14. The molecule has 1 unspecified atom stereocenters. The molecule has 6 nitrogen and oxygen atoms in total. The summed E-state index contributed by atoms with van der Waals surface area (Å²) in [6.07, 6.45) is 0.478. The molecule has 0 saturated heterocycles. The molecule has 0 aliphatic carbocycles. The van der Waals surface area contributed by atoms with Crippen LogP contribution in [-0.4, -0.2) is 28.6 Å². The summed E-state index contributed by atoms with van der Waals surface area (Å²) in [6.45, 7) is 2.30. The zero-order valence-electron chi connectivity index (χ0n) is 12.0. The zero-order valence-corrected chi connectivity index (χ0v) is 12.0. The summed E-state index contributed by atoms with van der Waals surface area (Å²) >= 11 is 0. The Morgan fingerprint density at radius 1 is 1.48 bits per heavy atom. The third kappa shape index (κ3) is 2.22. The molecule has 0 fully saturated rings. The fourth-order valence-electron chi connectivity index (χ4n) is 2.74. The number of rotatable bonds is 3. The van der Waals surface area contributed by atoms with Crippen molar-refractivity contribution >= 4 is 5.69 Å². The molecule has 2 N–H and O–H groups in total. The van der Waals surface area contributed by atoms with Crippen molar-refractivity contribution in [2.45, 2.75) is 19.3 Å². The summed E-state index contributed by atoms with van der Waals surface area (Å²) in [7, 11) is 1.48. The maximum absolute atomic E-state index is 11.9. The van der Waals surface area contributed by atoms with Crippen LogP contribution in [0.3, 0.4) is 0 Å². The van der Waals surface area contributed by atoms with Crippen molar-refractivity contribution in [1.29, 1.82) is 0 Å². The fourth-order valence-corrected chi connectivity index (χ4v) is 2.74. The molecule has 110 valence electrons. The summed E-state index contributed by atoms with van der Waals surface area (Å²) in [5.41, 5.74) is 2.37. The van der Waals surface area contributed by atoms with Gasteiger partial charge in [-0.15, -0.1) is 4.73 Å². The topological polar surface area (TPSA) is 76.4 Å². The highest BCUT2D eigenvalue weighted by molar-refractivity contribution is 5.57. The average Bonchev–Trinajstić information content (AvgIpc) is 2.91. The zero-order chi connectivity index (χ0) is 15.0. The van der Waals surface area contributed by atoms with Crippen LogP contribution < -0.4 is 15.6 Å². The van der Waals surface area contributed by atoms with E-state index in [2.05, 4.69) is 10.3 Å². The third-order valence-corrected chi connectivity index (χ3v) is 3.85. The molecule has 1 aliphatic heterocycles. The van der Waals surface area contributed by atoms with Gasteiger partial charge in [-0.05, 0) is 18.6 Å². The molecule has 6 heteroatoms. The summed E-state index contributed by atoms with van der Waals surface area (Å²) in [4.78, 5) is 16.0. The maximum Gasteiger partial charge on any atom is 0.304 e. The van der Waals surface area contributed by atoms with E-state index < -0.39 is 5.56 Å². The van der Waals surface area contributed by atoms with E-state index in [4.69, 9.17) is 4.74 Å². The number of hydrogen-bond acceptors (Lipinski definition) is 5. The standard InChI is InChI=1S/C15H17N3O3/c1-9-15(19)18(20)13(14(17-9)21-2)7-10-8-16-12-6-4-3-5-11(10)12/h3-6,10,16,20H,7-8H2,1-2H3. The molecular formula is C15H17N3O3. The van der Waals surface area contributed by atoms with E-state index in [0.717, 1.165) is 12.2 Å². The van der Waals surface area contributed by atoms with Crippen LogP contribution >= 0.6 is 0 Å². The smallest absolute Gasteiger partial charge is 0.304 e. The molecule has 0 bridgehead atoms. The Balaban J connectivity index is 2.00. The normalized spacial score (nSPS) is 16.4. The van der Waals surface area contributed by atoms with E-state index in [1.54, 1.807) is 6.92 Å². The number of hydrogen-bond donors (Lipinski definition) is 2. The molecule has 1 aromatic carbocycles. The largest absolute Gasteiger partial charge is 0.480 e. The van der Waals surface area contributed by atoms with Crippen LogP contribution in [0.15, 0.2) is 29.1 Å². The van der Waals surface area contributed by atoms with Crippen LogP contribution in [0, 0.1) is 6.92 Å². The highest BCUT2D eigenvalue weighted by Crippen LogP contribution is 2.34. The number of anilines is 1. The maximum atomic E-state index is 11.9. The van der Waals surface area contributed by atoms with Gasteiger partial charge in [-0.3, -0.25) is 4.79 Å². The van der Waals surface area contributed by atoms with Crippen molar-refractivity contribution in [3.63, 3.8) is 0 Å². The molecule has 1 aromatic heterocycles. The number of ether oxygens (including phenoxy) is 1. The van der Waals surface area contributed by atoms with Crippen molar-refractivity contribution in [3.8, 4) is 5.88 Å². The minimum atomic E-state index is -0.509. The molecule has 2 aromatic rings. The molecule has 2 heterocycles. The first-order valence-electron chi connectivity index (χ1n) is 6.80. The first-order valence-corrected chi connectivity index (χ1v) is 6.80. The van der Waals surface area contributed by atoms with Crippen LogP contribution in [0.4, 0.5) is 5.69 Å². The minimum absolute atomic E-state index is 0.164. The van der Waals surface area contributed by atoms with Gasteiger partial charge in [0, 0.05) is 24.6 Å². The third-order valence-electron chi connectivity index (χ3n) is 3.85. The van der Waals surface area contributed by atoms with E-state index >= 15 is 0 Å². The van der Waals surface area contributed by atoms with Gasteiger partial charge >= 0.3 is 5.56 Å². The lowest BCUT2D eigenvalue weighted by Gasteiger charge is -2.15. The Hall–Kier alpha value is -2.50. The van der Waals surface area contributed by atoms with Crippen LogP contribution in [0.25, 0.3) is 0 Å².